The Morgan fingerprint density at radius 1 is 1.06 bits per heavy atom. The third-order valence-corrected chi connectivity index (χ3v) is 7.63. The highest BCUT2D eigenvalue weighted by atomic mass is 16.2. The van der Waals surface area contributed by atoms with E-state index in [2.05, 4.69) is 10.6 Å². The number of nitrogens with zero attached hydrogens (tertiary/aromatic N) is 2. The van der Waals surface area contributed by atoms with Gasteiger partial charge in [-0.25, -0.2) is 0 Å². The van der Waals surface area contributed by atoms with Crippen molar-refractivity contribution >= 4 is 23.6 Å². The summed E-state index contributed by atoms with van der Waals surface area (Å²) in [5.74, 6) is -0.0683. The quantitative estimate of drug-likeness (QED) is 0.686. The van der Waals surface area contributed by atoms with Gasteiger partial charge in [0.05, 0.1) is 0 Å². The van der Waals surface area contributed by atoms with E-state index in [9.17, 15) is 19.2 Å². The molecule has 190 valence electrons. The molecule has 8 nitrogen and oxygen atoms in total. The molecule has 4 amide bonds. The van der Waals surface area contributed by atoms with Crippen LogP contribution in [-0.2, 0) is 25.6 Å². The molecule has 3 fully saturated rings. The summed E-state index contributed by atoms with van der Waals surface area (Å²) < 4.78 is 0. The Hall–Kier alpha value is -2.90. The van der Waals surface area contributed by atoms with E-state index in [-0.39, 0.29) is 47.4 Å². The van der Waals surface area contributed by atoms with Crippen LogP contribution < -0.4 is 10.6 Å². The highest BCUT2D eigenvalue weighted by Crippen LogP contribution is 2.36. The molecular weight excluding hydrogens is 444 g/mol. The fraction of sp³-hybridized carbons (Fsp3) is 0.630. The normalized spacial score (nSPS) is 30.1. The highest BCUT2D eigenvalue weighted by Gasteiger charge is 2.45. The van der Waals surface area contributed by atoms with Crippen LogP contribution in [0.25, 0.3) is 0 Å². The Kier molecular flexibility index (Phi) is 7.77. The summed E-state index contributed by atoms with van der Waals surface area (Å²) in [5, 5.41) is 5.70. The van der Waals surface area contributed by atoms with Crippen molar-refractivity contribution in [1.29, 1.82) is 0 Å². The third kappa shape index (κ3) is 5.85. The molecule has 3 saturated heterocycles. The van der Waals surface area contributed by atoms with Crippen LogP contribution in [-0.4, -0.2) is 71.2 Å². The summed E-state index contributed by atoms with van der Waals surface area (Å²) in [6.45, 7) is 7.38. The number of carbonyl (C=O) groups excluding carboxylic acids is 4. The monoisotopic (exact) mass is 482 g/mol. The Labute approximate surface area is 207 Å². The van der Waals surface area contributed by atoms with E-state index in [1.165, 1.54) is 0 Å². The summed E-state index contributed by atoms with van der Waals surface area (Å²) in [6, 6.07) is 8.22. The largest absolute Gasteiger partial charge is 0.345 e. The van der Waals surface area contributed by atoms with Crippen LogP contribution in [0.4, 0.5) is 0 Å². The second-order valence-corrected chi connectivity index (χ2v) is 10.8. The lowest BCUT2D eigenvalue weighted by atomic mass is 9.77. The molecule has 0 unspecified atom stereocenters. The van der Waals surface area contributed by atoms with Crippen molar-refractivity contribution in [2.45, 2.75) is 71.0 Å². The predicted molar refractivity (Wildman–Crippen MR) is 132 cm³/mol. The maximum Gasteiger partial charge on any atom is 0.245 e. The Balaban J connectivity index is 1.62. The number of hydrogen-bond donors (Lipinski definition) is 2. The van der Waals surface area contributed by atoms with Gasteiger partial charge in [-0.15, -0.1) is 0 Å². The lowest BCUT2D eigenvalue weighted by Crippen LogP contribution is -2.64. The zero-order valence-electron chi connectivity index (χ0n) is 21.0. The van der Waals surface area contributed by atoms with Crippen molar-refractivity contribution in [2.24, 2.45) is 17.8 Å². The van der Waals surface area contributed by atoms with Gasteiger partial charge in [0.25, 0.3) is 0 Å². The molecule has 2 N–H and O–H groups in total. The standard InChI is InChI=1S/C27H38N4O4/c1-17(2)26(34)30-14-20-12-21(16-30)23-10-7-11-24(32)28-18(3)25(33)29-22(27(35)31(23)15-20)13-19-8-5-4-6-9-19/h4-6,8-9,17-18,20-23H,7,10-16H2,1-3H3,(H,28,32)(H,29,33)/t18-,20+,21-,22+,23+/m1/s1. The smallest absolute Gasteiger partial charge is 0.245 e. The number of carbonyl (C=O) groups is 4. The topological polar surface area (TPSA) is 98.8 Å². The number of piperidine rings is 2. The summed E-state index contributed by atoms with van der Waals surface area (Å²) in [4.78, 5) is 56.1. The maximum atomic E-state index is 14.0. The molecular formula is C27H38N4O4. The zero-order valence-corrected chi connectivity index (χ0v) is 21.0. The first-order valence-corrected chi connectivity index (χ1v) is 13.0. The average molecular weight is 483 g/mol. The van der Waals surface area contributed by atoms with Crippen molar-refractivity contribution in [1.82, 2.24) is 20.4 Å². The van der Waals surface area contributed by atoms with Gasteiger partial charge in [-0.3, -0.25) is 19.2 Å². The van der Waals surface area contributed by atoms with Crippen LogP contribution in [0.2, 0.25) is 0 Å². The molecule has 1 aromatic carbocycles. The zero-order chi connectivity index (χ0) is 25.1. The van der Waals surface area contributed by atoms with Gasteiger partial charge in [-0.05, 0) is 43.6 Å². The highest BCUT2D eigenvalue weighted by molar-refractivity contribution is 5.92. The number of nitrogens with one attached hydrogen (secondary N) is 2. The average Bonchev–Trinajstić information content (AvgIpc) is 2.83. The van der Waals surface area contributed by atoms with Crippen molar-refractivity contribution in [3.05, 3.63) is 35.9 Å². The van der Waals surface area contributed by atoms with Crippen molar-refractivity contribution in [3.8, 4) is 0 Å². The molecule has 3 heterocycles. The first kappa shape index (κ1) is 25.2. The Morgan fingerprint density at radius 3 is 2.51 bits per heavy atom. The van der Waals surface area contributed by atoms with Crippen LogP contribution in [0.3, 0.4) is 0 Å². The molecule has 2 bridgehead atoms. The number of rotatable bonds is 3. The van der Waals surface area contributed by atoms with E-state index >= 15 is 0 Å². The second-order valence-electron chi connectivity index (χ2n) is 10.8. The van der Waals surface area contributed by atoms with Gasteiger partial charge < -0.3 is 20.4 Å². The summed E-state index contributed by atoms with van der Waals surface area (Å²) >= 11 is 0. The molecule has 4 rings (SSSR count). The van der Waals surface area contributed by atoms with Crippen molar-refractivity contribution in [3.63, 3.8) is 0 Å². The minimum atomic E-state index is -0.710. The van der Waals surface area contributed by atoms with Gasteiger partial charge in [0, 0.05) is 44.4 Å². The van der Waals surface area contributed by atoms with Gasteiger partial charge in [-0.1, -0.05) is 44.2 Å². The predicted octanol–water partition coefficient (Wildman–Crippen LogP) is 1.73. The Bertz CT molecular complexity index is 950. The number of hydrogen-bond acceptors (Lipinski definition) is 4. The molecule has 0 aromatic heterocycles. The first-order valence-electron chi connectivity index (χ1n) is 13.0. The number of amides is 4. The molecule has 0 saturated carbocycles. The van der Waals surface area contributed by atoms with Gasteiger partial charge in [0.15, 0.2) is 0 Å². The van der Waals surface area contributed by atoms with E-state index in [0.717, 1.165) is 12.0 Å². The second kappa shape index (κ2) is 10.8. The number of likely N-dealkylation sites (tertiary alicyclic amines) is 1. The van der Waals surface area contributed by atoms with E-state index in [1.54, 1.807) is 6.92 Å². The van der Waals surface area contributed by atoms with Gasteiger partial charge >= 0.3 is 0 Å². The SMILES string of the molecule is CC(C)C(=O)N1C[C@@H]2C[C@H](C1)[C@@H]1CCCC(=O)N[C@H](C)C(=O)N[C@@H](Cc3ccccc3)C(=O)N1C2. The molecule has 3 aliphatic rings. The number of fused-ring (bicyclic) bond motifs is 4. The van der Waals surface area contributed by atoms with Crippen molar-refractivity contribution in [2.75, 3.05) is 19.6 Å². The van der Waals surface area contributed by atoms with Crippen molar-refractivity contribution < 1.29 is 19.2 Å². The van der Waals surface area contributed by atoms with E-state index in [1.807, 2.05) is 54.0 Å². The summed E-state index contributed by atoms with van der Waals surface area (Å²) in [6.07, 6.45) is 3.03. The van der Waals surface area contributed by atoms with Crippen LogP contribution >= 0.6 is 0 Å². The molecule has 5 atom stereocenters. The summed E-state index contributed by atoms with van der Waals surface area (Å²) in [7, 11) is 0. The molecule has 35 heavy (non-hydrogen) atoms. The number of benzene rings is 1. The van der Waals surface area contributed by atoms with Crippen LogP contribution in [0.1, 0.15) is 52.0 Å². The van der Waals surface area contributed by atoms with E-state index in [4.69, 9.17) is 0 Å². The van der Waals surface area contributed by atoms with Gasteiger partial charge in [-0.2, -0.15) is 0 Å². The van der Waals surface area contributed by atoms with Gasteiger partial charge in [0.1, 0.15) is 12.1 Å². The van der Waals surface area contributed by atoms with E-state index in [0.29, 0.717) is 45.3 Å². The maximum absolute atomic E-state index is 14.0. The van der Waals surface area contributed by atoms with Crippen LogP contribution in [0, 0.1) is 17.8 Å². The lowest BCUT2D eigenvalue weighted by Gasteiger charge is -2.52. The van der Waals surface area contributed by atoms with Crippen LogP contribution in [0.5, 0.6) is 0 Å². The lowest BCUT2D eigenvalue weighted by molar-refractivity contribution is -0.150. The van der Waals surface area contributed by atoms with Gasteiger partial charge in [0.2, 0.25) is 23.6 Å². The summed E-state index contributed by atoms with van der Waals surface area (Å²) in [5.41, 5.74) is 0.970. The molecule has 1 aromatic rings. The van der Waals surface area contributed by atoms with Crippen LogP contribution in [0.15, 0.2) is 30.3 Å². The Morgan fingerprint density at radius 2 is 1.80 bits per heavy atom. The minimum Gasteiger partial charge on any atom is -0.345 e. The van der Waals surface area contributed by atoms with E-state index < -0.39 is 12.1 Å². The minimum absolute atomic E-state index is 0.0543. The molecule has 3 aliphatic heterocycles. The first-order chi connectivity index (χ1) is 16.7. The molecule has 0 aliphatic carbocycles. The molecule has 8 heteroatoms. The third-order valence-electron chi connectivity index (χ3n) is 7.63. The molecule has 0 spiro atoms. The molecule has 0 radical (unpaired) electrons. The fourth-order valence-corrected chi connectivity index (χ4v) is 5.91. The fourth-order valence-electron chi connectivity index (χ4n) is 5.91.